The van der Waals surface area contributed by atoms with Crippen LogP contribution in [-0.4, -0.2) is 52.8 Å². The molecular weight excluding hydrogens is 316 g/mol. The van der Waals surface area contributed by atoms with Gasteiger partial charge in [0.25, 0.3) is 0 Å². The third-order valence-electron chi connectivity index (χ3n) is 4.03. The van der Waals surface area contributed by atoms with E-state index in [9.17, 15) is 10.5 Å². The summed E-state index contributed by atoms with van der Waals surface area (Å²) < 4.78 is 10.7. The van der Waals surface area contributed by atoms with Crippen LogP contribution < -0.4 is 14.4 Å². The predicted octanol–water partition coefficient (Wildman–Crippen LogP) is 2.36. The molecule has 0 aromatic heterocycles. The van der Waals surface area contributed by atoms with Gasteiger partial charge in [0, 0.05) is 49.1 Å². The Hall–Kier alpha value is -2.96. The zero-order valence-corrected chi connectivity index (χ0v) is 15.0. The molecule has 0 unspecified atom stereocenters. The van der Waals surface area contributed by atoms with E-state index in [1.165, 1.54) is 0 Å². The lowest BCUT2D eigenvalue weighted by atomic mass is 10.0. The van der Waals surface area contributed by atoms with Gasteiger partial charge in [-0.3, -0.25) is 0 Å². The Balaban J connectivity index is 2.43. The van der Waals surface area contributed by atoms with Gasteiger partial charge >= 0.3 is 0 Å². The van der Waals surface area contributed by atoms with Gasteiger partial charge in [-0.05, 0) is 19.7 Å². The highest BCUT2D eigenvalue weighted by atomic mass is 16.5. The van der Waals surface area contributed by atoms with Gasteiger partial charge in [0.15, 0.2) is 0 Å². The molecule has 6 nitrogen and oxygen atoms in total. The highest BCUT2D eigenvalue weighted by Crippen LogP contribution is 2.34. The topological polar surface area (TPSA) is 72.5 Å². The largest absolute Gasteiger partial charge is 0.497 e. The van der Waals surface area contributed by atoms with Crippen molar-refractivity contribution in [3.63, 3.8) is 0 Å². The number of nitriles is 2. The minimum absolute atomic E-state index is 0.169. The Kier molecular flexibility index (Phi) is 6.05. The van der Waals surface area contributed by atoms with E-state index in [0.717, 1.165) is 23.4 Å². The van der Waals surface area contributed by atoms with Crippen molar-refractivity contribution in [2.24, 2.45) is 0 Å². The first-order valence-corrected chi connectivity index (χ1v) is 7.87. The minimum atomic E-state index is 0.169. The second kappa shape index (κ2) is 8.23. The Morgan fingerprint density at radius 1 is 1.12 bits per heavy atom. The highest BCUT2D eigenvalue weighted by Gasteiger charge is 2.26. The van der Waals surface area contributed by atoms with Crippen molar-refractivity contribution >= 4 is 5.69 Å². The fourth-order valence-corrected chi connectivity index (χ4v) is 2.69. The number of rotatable bonds is 5. The molecule has 1 aliphatic heterocycles. The smallest absolute Gasteiger partial charge is 0.134 e. The number of allylic oxidation sites excluding steroid dienone is 1. The molecule has 0 amide bonds. The van der Waals surface area contributed by atoms with Crippen molar-refractivity contribution in [3.8, 4) is 23.6 Å². The maximum Gasteiger partial charge on any atom is 0.134 e. The number of hydrogen-bond acceptors (Lipinski definition) is 6. The summed E-state index contributed by atoms with van der Waals surface area (Å²) in [6.07, 6.45) is 2.07. The molecule has 1 fully saturated rings. The maximum atomic E-state index is 9.28. The lowest BCUT2D eigenvalue weighted by Gasteiger charge is -2.19. The second-order valence-corrected chi connectivity index (χ2v) is 6.00. The summed E-state index contributed by atoms with van der Waals surface area (Å²) in [4.78, 5) is 4.15. The van der Waals surface area contributed by atoms with Gasteiger partial charge in [-0.25, -0.2) is 0 Å². The number of anilines is 1. The Morgan fingerprint density at radius 3 is 2.20 bits per heavy atom. The molecule has 0 aliphatic carbocycles. The number of hydrogen-bond donors (Lipinski definition) is 0. The van der Waals surface area contributed by atoms with Crippen LogP contribution in [0.15, 0.2) is 41.0 Å². The van der Waals surface area contributed by atoms with Gasteiger partial charge in [-0.15, -0.1) is 0 Å². The molecule has 1 aromatic rings. The average Bonchev–Trinajstić information content (AvgIpc) is 3.04. The zero-order valence-electron chi connectivity index (χ0n) is 15.0. The van der Waals surface area contributed by atoms with Gasteiger partial charge in [-0.2, -0.15) is 10.5 Å². The van der Waals surface area contributed by atoms with Gasteiger partial charge in [0.2, 0.25) is 0 Å². The molecule has 0 bridgehead atoms. The van der Waals surface area contributed by atoms with E-state index in [1.54, 1.807) is 14.2 Å². The van der Waals surface area contributed by atoms with E-state index < -0.39 is 0 Å². The van der Waals surface area contributed by atoms with Crippen molar-refractivity contribution in [1.82, 2.24) is 4.90 Å². The van der Waals surface area contributed by atoms with Crippen LogP contribution in [0.5, 0.6) is 11.5 Å². The zero-order chi connectivity index (χ0) is 18.4. The molecule has 2 rings (SSSR count). The SMILES string of the molecule is COc1cc(OC)cc(N2CC(=CCN(C)C)C(=C(C#N)C#N)C2)c1. The molecule has 1 aliphatic rings. The summed E-state index contributed by atoms with van der Waals surface area (Å²) in [7, 11) is 7.19. The van der Waals surface area contributed by atoms with E-state index >= 15 is 0 Å². The molecule has 1 heterocycles. The lowest BCUT2D eigenvalue weighted by Crippen LogP contribution is -2.18. The van der Waals surface area contributed by atoms with Gasteiger partial charge in [0.05, 0.1) is 14.2 Å². The van der Waals surface area contributed by atoms with Crippen molar-refractivity contribution in [1.29, 1.82) is 10.5 Å². The molecule has 0 spiro atoms. The van der Waals surface area contributed by atoms with Crippen LogP contribution in [0.25, 0.3) is 0 Å². The first kappa shape index (κ1) is 18.4. The molecule has 1 saturated heterocycles. The molecular formula is C19H22N4O2. The van der Waals surface area contributed by atoms with Gasteiger partial charge in [0.1, 0.15) is 29.2 Å². The van der Waals surface area contributed by atoms with Crippen LogP contribution in [0.1, 0.15) is 0 Å². The summed E-state index contributed by atoms with van der Waals surface area (Å²) in [5, 5.41) is 18.6. The van der Waals surface area contributed by atoms with Crippen LogP contribution in [0.2, 0.25) is 0 Å². The summed E-state index contributed by atoms with van der Waals surface area (Å²) in [6.45, 7) is 1.89. The first-order valence-electron chi connectivity index (χ1n) is 7.87. The number of methoxy groups -OCH3 is 2. The van der Waals surface area contributed by atoms with Gasteiger partial charge in [-0.1, -0.05) is 6.08 Å². The van der Waals surface area contributed by atoms with E-state index in [4.69, 9.17) is 9.47 Å². The van der Waals surface area contributed by atoms with Crippen molar-refractivity contribution < 1.29 is 9.47 Å². The number of ether oxygens (including phenoxy) is 2. The lowest BCUT2D eigenvalue weighted by molar-refractivity contribution is 0.394. The Morgan fingerprint density at radius 2 is 1.72 bits per heavy atom. The second-order valence-electron chi connectivity index (χ2n) is 6.00. The summed E-state index contributed by atoms with van der Waals surface area (Å²) in [5.74, 6) is 1.40. The van der Waals surface area contributed by atoms with Gasteiger partial charge < -0.3 is 19.3 Å². The van der Waals surface area contributed by atoms with Crippen molar-refractivity contribution in [2.75, 3.05) is 52.8 Å². The normalized spacial score (nSPS) is 15.2. The number of likely N-dealkylation sites (N-methyl/N-ethyl adjacent to an activating group) is 1. The Labute approximate surface area is 148 Å². The van der Waals surface area contributed by atoms with E-state index in [0.29, 0.717) is 24.6 Å². The minimum Gasteiger partial charge on any atom is -0.497 e. The summed E-state index contributed by atoms with van der Waals surface area (Å²) >= 11 is 0. The molecule has 0 atom stereocenters. The van der Waals surface area contributed by atoms with Crippen LogP contribution in [0.3, 0.4) is 0 Å². The fourth-order valence-electron chi connectivity index (χ4n) is 2.69. The molecule has 130 valence electrons. The number of benzene rings is 1. The van der Waals surface area contributed by atoms with E-state index in [-0.39, 0.29) is 5.57 Å². The predicted molar refractivity (Wildman–Crippen MR) is 96.6 cm³/mol. The van der Waals surface area contributed by atoms with Crippen LogP contribution in [-0.2, 0) is 0 Å². The first-order chi connectivity index (χ1) is 12.0. The van der Waals surface area contributed by atoms with Crippen LogP contribution >= 0.6 is 0 Å². The maximum absolute atomic E-state index is 9.28. The van der Waals surface area contributed by atoms with Crippen molar-refractivity contribution in [3.05, 3.63) is 41.0 Å². The average molecular weight is 338 g/mol. The van der Waals surface area contributed by atoms with Crippen LogP contribution in [0, 0.1) is 22.7 Å². The third kappa shape index (κ3) is 4.32. The molecule has 25 heavy (non-hydrogen) atoms. The summed E-state index contributed by atoms with van der Waals surface area (Å²) in [5.41, 5.74) is 2.89. The standard InChI is InChI=1S/C19H22N4O2/c1-22(2)6-5-14-12-23(13-19(14)15(10-20)11-21)16-7-17(24-3)9-18(8-16)25-4/h5,7-9H,6,12-13H2,1-4H3. The molecule has 1 aromatic carbocycles. The highest BCUT2D eigenvalue weighted by molar-refractivity contribution is 5.64. The third-order valence-corrected chi connectivity index (χ3v) is 4.03. The monoisotopic (exact) mass is 338 g/mol. The van der Waals surface area contributed by atoms with E-state index in [2.05, 4.69) is 11.0 Å². The van der Waals surface area contributed by atoms with E-state index in [1.807, 2.05) is 49.3 Å². The Bertz CT molecular complexity index is 743. The molecule has 0 N–H and O–H groups in total. The summed E-state index contributed by atoms with van der Waals surface area (Å²) in [6, 6.07) is 9.70. The molecule has 0 radical (unpaired) electrons. The van der Waals surface area contributed by atoms with Crippen molar-refractivity contribution in [2.45, 2.75) is 0 Å². The quantitative estimate of drug-likeness (QED) is 0.768. The fraction of sp³-hybridized carbons (Fsp3) is 0.368. The number of nitrogens with zero attached hydrogens (tertiary/aromatic N) is 4. The molecule has 6 heteroatoms. The molecule has 0 saturated carbocycles. The van der Waals surface area contributed by atoms with Crippen LogP contribution in [0.4, 0.5) is 5.69 Å².